The van der Waals surface area contributed by atoms with Gasteiger partial charge in [0.1, 0.15) is 19.8 Å². The highest BCUT2D eigenvalue weighted by Gasteiger charge is 2.63. The second-order valence-corrected chi connectivity index (χ2v) is 17.9. The molecule has 0 heterocycles. The number of ether oxygens (including phenoxy) is 3. The van der Waals surface area contributed by atoms with Gasteiger partial charge in [0.15, 0.2) is 5.78 Å². The molecule has 49 heavy (non-hydrogen) atoms. The molecule has 264 valence electrons. The summed E-state index contributed by atoms with van der Waals surface area (Å²) in [6.07, 6.45) is 16.9. The van der Waals surface area contributed by atoms with Crippen molar-refractivity contribution in [3.63, 3.8) is 0 Å². The number of fused-ring (bicyclic) bond motifs is 4. The maximum Gasteiger partial charge on any atom is 0.334 e. The molecule has 8 rings (SSSR count). The summed E-state index contributed by atoms with van der Waals surface area (Å²) in [6, 6.07) is 0. The molecule has 8 fully saturated rings. The van der Waals surface area contributed by atoms with E-state index in [2.05, 4.69) is 26.3 Å². The zero-order valence-electron chi connectivity index (χ0n) is 29.3. The number of carbonyl (C=O) groups excluding carboxylic acids is 4. The Kier molecular flexibility index (Phi) is 7.81. The molecular formula is C42H54O7. The molecule has 7 nitrogen and oxygen atoms in total. The first kappa shape index (κ1) is 33.2. The molecule has 0 saturated heterocycles. The lowest BCUT2D eigenvalue weighted by molar-refractivity contribution is -0.158. The number of allylic oxidation sites excluding steroid dienone is 1. The standard InChI is InChI=1S/C42H54O7/c1-26(39-14-5-9-30(39)19-39)34(43)13-18-38(23-47-35(44)27(2)40-15-6-10-31(40)20-40,24-48-36(45)28(3)41-16-7-11-32(41)21-41)25-49-37(46)29(4)42-17-8-12-33(42)22-42/h30-33H,1-25H2. The van der Waals surface area contributed by atoms with E-state index >= 15 is 0 Å². The van der Waals surface area contributed by atoms with Crippen LogP contribution in [0.15, 0.2) is 48.6 Å². The predicted molar refractivity (Wildman–Crippen MR) is 184 cm³/mol. The van der Waals surface area contributed by atoms with E-state index in [0.717, 1.165) is 103 Å². The summed E-state index contributed by atoms with van der Waals surface area (Å²) in [4.78, 5) is 54.4. The third kappa shape index (κ3) is 5.34. The molecular weight excluding hydrogens is 616 g/mol. The highest BCUT2D eigenvalue weighted by atomic mass is 16.6. The number of ketones is 1. The topological polar surface area (TPSA) is 96.0 Å². The Morgan fingerprint density at radius 3 is 1.08 bits per heavy atom. The number of esters is 3. The molecule has 0 aromatic carbocycles. The molecule has 8 aliphatic carbocycles. The van der Waals surface area contributed by atoms with Crippen LogP contribution in [0.25, 0.3) is 0 Å². The maximum absolute atomic E-state index is 13.7. The van der Waals surface area contributed by atoms with Crippen LogP contribution in [0, 0.1) is 50.7 Å². The summed E-state index contributed by atoms with van der Waals surface area (Å²) in [5.41, 5.74) is 0.507. The first-order valence-corrected chi connectivity index (χ1v) is 19.2. The van der Waals surface area contributed by atoms with Gasteiger partial charge in [-0.3, -0.25) is 4.79 Å². The highest BCUT2D eigenvalue weighted by molar-refractivity contribution is 5.97. The molecule has 0 amide bonds. The van der Waals surface area contributed by atoms with E-state index in [0.29, 0.717) is 46.0 Å². The monoisotopic (exact) mass is 670 g/mol. The van der Waals surface area contributed by atoms with Crippen molar-refractivity contribution < 1.29 is 33.4 Å². The maximum atomic E-state index is 13.7. The lowest BCUT2D eigenvalue weighted by atomic mass is 9.81. The normalized spacial score (nSPS) is 39.3. The lowest BCUT2D eigenvalue weighted by Gasteiger charge is -2.33. The molecule has 0 aromatic rings. The van der Waals surface area contributed by atoms with Crippen molar-refractivity contribution in [2.24, 2.45) is 50.7 Å². The Labute approximate surface area is 291 Å². The van der Waals surface area contributed by atoms with Gasteiger partial charge in [0.25, 0.3) is 0 Å². The molecule has 8 saturated carbocycles. The van der Waals surface area contributed by atoms with E-state index in [9.17, 15) is 19.2 Å². The van der Waals surface area contributed by atoms with Crippen LogP contribution < -0.4 is 0 Å². The second kappa shape index (κ2) is 11.5. The van der Waals surface area contributed by atoms with E-state index in [-0.39, 0.29) is 60.1 Å². The number of rotatable bonds is 17. The third-order valence-electron chi connectivity index (χ3n) is 15.5. The van der Waals surface area contributed by atoms with Gasteiger partial charge in [-0.1, -0.05) is 52.0 Å². The molecule has 0 aromatic heterocycles. The summed E-state index contributed by atoms with van der Waals surface area (Å²) >= 11 is 0. The van der Waals surface area contributed by atoms with Gasteiger partial charge in [-0.25, -0.2) is 14.4 Å². The average molecular weight is 671 g/mol. The van der Waals surface area contributed by atoms with Crippen molar-refractivity contribution in [1.29, 1.82) is 0 Å². The van der Waals surface area contributed by atoms with Gasteiger partial charge in [-0.15, -0.1) is 0 Å². The Hall–Kier alpha value is -2.96. The summed E-state index contributed by atoms with van der Waals surface area (Å²) in [5, 5.41) is 0. The zero-order valence-corrected chi connectivity index (χ0v) is 29.3. The van der Waals surface area contributed by atoms with Crippen molar-refractivity contribution in [2.75, 3.05) is 19.8 Å². The summed E-state index contributed by atoms with van der Waals surface area (Å²) in [7, 11) is 0. The molecule has 0 bridgehead atoms. The molecule has 0 radical (unpaired) electrons. The lowest BCUT2D eigenvalue weighted by Crippen LogP contribution is -2.41. The van der Waals surface area contributed by atoms with Crippen LogP contribution in [-0.4, -0.2) is 43.5 Å². The minimum Gasteiger partial charge on any atom is -0.461 e. The Morgan fingerprint density at radius 2 is 0.816 bits per heavy atom. The number of carbonyl (C=O) groups is 4. The molecule has 0 aliphatic heterocycles. The van der Waals surface area contributed by atoms with Crippen molar-refractivity contribution in [1.82, 2.24) is 0 Å². The van der Waals surface area contributed by atoms with Crippen molar-refractivity contribution >= 4 is 23.7 Å². The Balaban J connectivity index is 1.01. The second-order valence-electron chi connectivity index (χ2n) is 17.9. The average Bonchev–Trinajstić information content (AvgIpc) is 4.10. The molecule has 8 atom stereocenters. The predicted octanol–water partition coefficient (Wildman–Crippen LogP) is 7.94. The summed E-state index contributed by atoms with van der Waals surface area (Å²) in [5.74, 6) is 0.616. The minimum atomic E-state index is -1.14. The van der Waals surface area contributed by atoms with Crippen molar-refractivity contribution in [3.8, 4) is 0 Å². The van der Waals surface area contributed by atoms with Gasteiger partial charge in [0, 0.05) is 44.8 Å². The van der Waals surface area contributed by atoms with Crippen LogP contribution in [-0.2, 0) is 33.4 Å². The van der Waals surface area contributed by atoms with E-state index in [1.54, 1.807) is 0 Å². The summed E-state index contributed by atoms with van der Waals surface area (Å²) < 4.78 is 18.1. The first-order chi connectivity index (χ1) is 23.4. The van der Waals surface area contributed by atoms with E-state index in [4.69, 9.17) is 14.2 Å². The molecule has 0 N–H and O–H groups in total. The van der Waals surface area contributed by atoms with Gasteiger partial charge < -0.3 is 14.2 Å². The quantitative estimate of drug-likeness (QED) is 0.0881. The van der Waals surface area contributed by atoms with Gasteiger partial charge >= 0.3 is 17.9 Å². The highest BCUT2D eigenvalue weighted by Crippen LogP contribution is 2.70. The molecule has 8 unspecified atom stereocenters. The van der Waals surface area contributed by atoms with Crippen LogP contribution in [0.2, 0.25) is 0 Å². The number of hydrogen-bond donors (Lipinski definition) is 0. The number of hydrogen-bond acceptors (Lipinski definition) is 7. The molecule has 7 heteroatoms. The van der Waals surface area contributed by atoms with Gasteiger partial charge in [-0.2, -0.15) is 0 Å². The Bertz CT molecular complexity index is 1320. The fourth-order valence-corrected chi connectivity index (χ4v) is 11.7. The van der Waals surface area contributed by atoms with E-state index < -0.39 is 23.3 Å². The molecule has 8 aliphatic rings. The SMILES string of the molecule is C=C(C(=O)CCC(COC(=O)C(=C)C12CCCC1C2)(COC(=O)C(=C)C12CCCC1C2)COC(=O)C(=C)C12CCCC1C2)C12CCCC1C2. The van der Waals surface area contributed by atoms with Crippen LogP contribution in [0.1, 0.15) is 116 Å². The zero-order chi connectivity index (χ0) is 34.4. The first-order valence-electron chi connectivity index (χ1n) is 19.2. The van der Waals surface area contributed by atoms with Crippen LogP contribution in [0.4, 0.5) is 0 Å². The van der Waals surface area contributed by atoms with E-state index in [1.165, 1.54) is 0 Å². The Morgan fingerprint density at radius 1 is 0.510 bits per heavy atom. The largest absolute Gasteiger partial charge is 0.461 e. The van der Waals surface area contributed by atoms with E-state index in [1.807, 2.05) is 0 Å². The summed E-state index contributed by atoms with van der Waals surface area (Å²) in [6.45, 7) is 16.3. The van der Waals surface area contributed by atoms with Crippen LogP contribution >= 0.6 is 0 Å². The minimum absolute atomic E-state index is 0.0158. The van der Waals surface area contributed by atoms with Crippen molar-refractivity contribution in [3.05, 3.63) is 48.6 Å². The van der Waals surface area contributed by atoms with Crippen molar-refractivity contribution in [2.45, 2.75) is 116 Å². The fraction of sp³-hybridized carbons (Fsp3) is 0.714. The van der Waals surface area contributed by atoms with Crippen LogP contribution in [0.3, 0.4) is 0 Å². The number of Topliss-reactive ketones (excluding diaryl/α,β-unsaturated/α-hetero) is 1. The van der Waals surface area contributed by atoms with Gasteiger partial charge in [-0.05, 0) is 113 Å². The molecule has 0 spiro atoms. The van der Waals surface area contributed by atoms with Gasteiger partial charge in [0.2, 0.25) is 0 Å². The fourth-order valence-electron chi connectivity index (χ4n) is 11.7. The van der Waals surface area contributed by atoms with Gasteiger partial charge in [0.05, 0.1) is 5.41 Å². The van der Waals surface area contributed by atoms with Crippen LogP contribution in [0.5, 0.6) is 0 Å². The third-order valence-corrected chi connectivity index (χ3v) is 15.5. The smallest absolute Gasteiger partial charge is 0.334 e.